The van der Waals surface area contributed by atoms with E-state index in [0.717, 1.165) is 29.9 Å². The Labute approximate surface area is 124 Å². The van der Waals surface area contributed by atoms with Crippen molar-refractivity contribution in [2.75, 3.05) is 13.2 Å². The summed E-state index contributed by atoms with van der Waals surface area (Å²) in [4.78, 5) is 12.0. The van der Waals surface area contributed by atoms with E-state index in [1.165, 1.54) is 0 Å². The molecule has 5 nitrogen and oxygen atoms in total. The van der Waals surface area contributed by atoms with Gasteiger partial charge in [0, 0.05) is 0 Å². The highest BCUT2D eigenvalue weighted by Crippen LogP contribution is 2.48. The van der Waals surface area contributed by atoms with Crippen LogP contribution in [0.3, 0.4) is 0 Å². The van der Waals surface area contributed by atoms with Gasteiger partial charge in [-0.15, -0.1) is 0 Å². The van der Waals surface area contributed by atoms with Gasteiger partial charge >= 0.3 is 6.09 Å². The lowest BCUT2D eigenvalue weighted by Gasteiger charge is -2.25. The van der Waals surface area contributed by atoms with Crippen LogP contribution in [0.5, 0.6) is 11.5 Å². The number of nitrogens with one attached hydrogen (secondary N) is 1. The maximum Gasteiger partial charge on any atom is 0.408 e. The molecule has 1 heterocycles. The Bertz CT molecular complexity index is 558. The number of benzene rings is 1. The molecule has 0 spiro atoms. The van der Waals surface area contributed by atoms with E-state index in [4.69, 9.17) is 14.2 Å². The molecule has 0 radical (unpaired) electrons. The quantitative estimate of drug-likeness (QED) is 0.910. The maximum atomic E-state index is 12.0. The molecule has 5 heteroatoms. The molecule has 0 saturated heterocycles. The van der Waals surface area contributed by atoms with E-state index in [1.807, 2.05) is 39.0 Å². The first-order chi connectivity index (χ1) is 9.88. The van der Waals surface area contributed by atoms with Crippen LogP contribution in [0.2, 0.25) is 0 Å². The fraction of sp³-hybridized carbons (Fsp3) is 0.562. The van der Waals surface area contributed by atoms with E-state index in [-0.39, 0.29) is 11.6 Å². The van der Waals surface area contributed by atoms with E-state index < -0.39 is 5.60 Å². The van der Waals surface area contributed by atoms with Crippen LogP contribution in [0.15, 0.2) is 18.2 Å². The first-order valence-corrected chi connectivity index (χ1v) is 7.29. The molecule has 1 aromatic carbocycles. The van der Waals surface area contributed by atoms with E-state index >= 15 is 0 Å². The number of ether oxygens (including phenoxy) is 3. The van der Waals surface area contributed by atoms with Crippen LogP contribution in [0.1, 0.15) is 39.2 Å². The molecule has 1 fully saturated rings. The number of rotatable bonds is 2. The summed E-state index contributed by atoms with van der Waals surface area (Å²) in [5, 5.41) is 2.99. The van der Waals surface area contributed by atoms with Gasteiger partial charge in [0.1, 0.15) is 18.8 Å². The van der Waals surface area contributed by atoms with Crippen molar-refractivity contribution < 1.29 is 19.0 Å². The van der Waals surface area contributed by atoms with Crippen LogP contribution in [0, 0.1) is 0 Å². The van der Waals surface area contributed by atoms with Gasteiger partial charge in [-0.1, -0.05) is 6.07 Å². The fourth-order valence-electron chi connectivity index (χ4n) is 2.45. The van der Waals surface area contributed by atoms with Gasteiger partial charge in [0.2, 0.25) is 0 Å². The SMILES string of the molecule is CC(C)(C)OC(=O)NC1(c2ccc3c(c2)OCCO3)CC1. The minimum Gasteiger partial charge on any atom is -0.486 e. The predicted octanol–water partition coefficient (Wildman–Crippen LogP) is 2.97. The third kappa shape index (κ3) is 3.06. The van der Waals surface area contributed by atoms with Gasteiger partial charge in [0.15, 0.2) is 11.5 Å². The largest absolute Gasteiger partial charge is 0.486 e. The van der Waals surface area contributed by atoms with Crippen molar-refractivity contribution in [1.29, 1.82) is 0 Å². The average Bonchev–Trinajstić information content (AvgIpc) is 3.16. The number of amides is 1. The van der Waals surface area contributed by atoms with Crippen LogP contribution in [0.25, 0.3) is 0 Å². The average molecular weight is 291 g/mol. The monoisotopic (exact) mass is 291 g/mol. The Kier molecular flexibility index (Phi) is 3.23. The zero-order valence-electron chi connectivity index (χ0n) is 12.7. The maximum absolute atomic E-state index is 12.0. The third-order valence-electron chi connectivity index (χ3n) is 3.58. The van der Waals surface area contributed by atoms with Gasteiger partial charge in [-0.25, -0.2) is 4.79 Å². The van der Waals surface area contributed by atoms with Crippen molar-refractivity contribution >= 4 is 6.09 Å². The molecule has 2 aliphatic rings. The molecule has 21 heavy (non-hydrogen) atoms. The van der Waals surface area contributed by atoms with E-state index in [0.29, 0.717) is 13.2 Å². The first-order valence-electron chi connectivity index (χ1n) is 7.29. The lowest BCUT2D eigenvalue weighted by Crippen LogP contribution is -2.39. The molecular formula is C16H21NO4. The molecule has 0 aromatic heterocycles. The second-order valence-corrected chi connectivity index (χ2v) is 6.57. The van der Waals surface area contributed by atoms with Crippen LogP contribution in [-0.2, 0) is 10.3 Å². The summed E-state index contributed by atoms with van der Waals surface area (Å²) in [5.41, 5.74) is 0.225. The van der Waals surface area contributed by atoms with E-state index in [1.54, 1.807) is 0 Å². The molecule has 0 bridgehead atoms. The Hall–Kier alpha value is -1.91. The molecule has 114 valence electrons. The Morgan fingerprint density at radius 1 is 1.19 bits per heavy atom. The molecule has 3 rings (SSSR count). The van der Waals surface area contributed by atoms with Gasteiger partial charge in [-0.3, -0.25) is 0 Å². The summed E-state index contributed by atoms with van der Waals surface area (Å²) in [5.74, 6) is 1.51. The number of hydrogen-bond donors (Lipinski definition) is 1. The molecule has 0 unspecified atom stereocenters. The summed E-state index contributed by atoms with van der Waals surface area (Å²) in [6, 6.07) is 5.84. The Morgan fingerprint density at radius 3 is 2.48 bits per heavy atom. The van der Waals surface area contributed by atoms with Crippen LogP contribution < -0.4 is 14.8 Å². The van der Waals surface area contributed by atoms with Crippen LogP contribution in [-0.4, -0.2) is 24.9 Å². The lowest BCUT2D eigenvalue weighted by atomic mass is 10.0. The van der Waals surface area contributed by atoms with Crippen molar-refractivity contribution in [3.05, 3.63) is 23.8 Å². The molecule has 1 aliphatic heterocycles. The highest BCUT2D eigenvalue weighted by molar-refractivity contribution is 5.70. The summed E-state index contributed by atoms with van der Waals surface area (Å²) < 4.78 is 16.5. The second kappa shape index (κ2) is 4.83. The molecule has 1 amide bonds. The molecule has 1 aliphatic carbocycles. The normalized spacial score (nSPS) is 18.8. The zero-order valence-corrected chi connectivity index (χ0v) is 12.7. The molecule has 1 aromatic rings. The fourth-order valence-corrected chi connectivity index (χ4v) is 2.45. The number of hydrogen-bond acceptors (Lipinski definition) is 4. The predicted molar refractivity (Wildman–Crippen MR) is 77.7 cm³/mol. The summed E-state index contributed by atoms with van der Waals surface area (Å²) >= 11 is 0. The molecule has 1 N–H and O–H groups in total. The van der Waals surface area contributed by atoms with Gasteiger partial charge < -0.3 is 19.5 Å². The Balaban J connectivity index is 1.75. The molecule has 1 saturated carbocycles. The lowest BCUT2D eigenvalue weighted by molar-refractivity contribution is 0.0495. The first kappa shape index (κ1) is 14.0. The topological polar surface area (TPSA) is 56.8 Å². The van der Waals surface area contributed by atoms with E-state index in [9.17, 15) is 4.79 Å². The third-order valence-corrected chi connectivity index (χ3v) is 3.58. The second-order valence-electron chi connectivity index (χ2n) is 6.57. The summed E-state index contributed by atoms with van der Waals surface area (Å²) in [6.45, 7) is 6.71. The van der Waals surface area contributed by atoms with Gasteiger partial charge in [0.25, 0.3) is 0 Å². The van der Waals surface area contributed by atoms with Crippen LogP contribution in [0.4, 0.5) is 4.79 Å². The van der Waals surface area contributed by atoms with Crippen molar-refractivity contribution in [1.82, 2.24) is 5.32 Å². The number of carbonyl (C=O) groups excluding carboxylic acids is 1. The smallest absolute Gasteiger partial charge is 0.408 e. The molecule has 0 atom stereocenters. The van der Waals surface area contributed by atoms with Crippen molar-refractivity contribution in [2.45, 2.75) is 44.8 Å². The number of fused-ring (bicyclic) bond motifs is 1. The van der Waals surface area contributed by atoms with Crippen LogP contribution >= 0.6 is 0 Å². The highest BCUT2D eigenvalue weighted by atomic mass is 16.6. The summed E-state index contributed by atoms with van der Waals surface area (Å²) in [7, 11) is 0. The van der Waals surface area contributed by atoms with Crippen molar-refractivity contribution in [3.63, 3.8) is 0 Å². The van der Waals surface area contributed by atoms with Crippen molar-refractivity contribution in [3.8, 4) is 11.5 Å². The highest BCUT2D eigenvalue weighted by Gasteiger charge is 2.47. The number of alkyl carbamates (subject to hydrolysis) is 1. The standard InChI is InChI=1S/C16H21NO4/c1-15(2,3)21-14(18)17-16(6-7-16)11-4-5-12-13(10-11)20-9-8-19-12/h4-5,10H,6-9H2,1-3H3,(H,17,18). The Morgan fingerprint density at radius 2 is 1.86 bits per heavy atom. The van der Waals surface area contributed by atoms with E-state index in [2.05, 4.69) is 5.32 Å². The number of carbonyl (C=O) groups is 1. The molecular weight excluding hydrogens is 270 g/mol. The van der Waals surface area contributed by atoms with Crippen molar-refractivity contribution in [2.24, 2.45) is 0 Å². The van der Waals surface area contributed by atoms with Gasteiger partial charge in [0.05, 0.1) is 5.54 Å². The minimum atomic E-state index is -0.493. The minimum absolute atomic E-state index is 0.321. The van der Waals surface area contributed by atoms with Gasteiger partial charge in [-0.2, -0.15) is 0 Å². The summed E-state index contributed by atoms with van der Waals surface area (Å²) in [6.07, 6.45) is 1.44. The zero-order chi connectivity index (χ0) is 15.1. The van der Waals surface area contributed by atoms with Gasteiger partial charge in [-0.05, 0) is 51.3 Å².